The van der Waals surface area contributed by atoms with E-state index in [9.17, 15) is 4.79 Å². The molecule has 2 nitrogen and oxygen atoms in total. The van der Waals surface area contributed by atoms with Crippen molar-refractivity contribution in [3.8, 4) is 0 Å². The number of carbonyl (C=O) groups excluding carboxylic acids is 1. The monoisotopic (exact) mass is 209 g/mol. The zero-order valence-corrected chi connectivity index (χ0v) is 8.61. The van der Waals surface area contributed by atoms with Crippen molar-refractivity contribution < 1.29 is 4.79 Å². The highest BCUT2D eigenvalue weighted by Gasteiger charge is 1.98. The number of carbonyl (C=O) groups is 1. The molecule has 2 aromatic rings. The molecular formula is C9H7NOS2. The van der Waals surface area contributed by atoms with Gasteiger partial charge in [-0.25, -0.2) is 4.99 Å². The molecule has 0 aliphatic heterocycles. The Labute approximate surface area is 82.6 Å². The zero-order valence-electron chi connectivity index (χ0n) is 6.98. The SMILES string of the molecule is CC(=O)N=c1ssc2ccccc12. The predicted molar refractivity (Wildman–Crippen MR) is 55.9 cm³/mol. The highest BCUT2D eigenvalue weighted by atomic mass is 32.9. The van der Waals surface area contributed by atoms with Crippen LogP contribution in [0.2, 0.25) is 0 Å². The Kier molecular flexibility index (Phi) is 2.24. The first kappa shape index (κ1) is 8.59. The summed E-state index contributed by atoms with van der Waals surface area (Å²) in [4.78, 5) is 14.7. The van der Waals surface area contributed by atoms with Crippen LogP contribution in [0.15, 0.2) is 29.3 Å². The van der Waals surface area contributed by atoms with E-state index in [1.807, 2.05) is 24.3 Å². The Morgan fingerprint density at radius 2 is 2.08 bits per heavy atom. The van der Waals surface area contributed by atoms with E-state index in [4.69, 9.17) is 0 Å². The average molecular weight is 209 g/mol. The topological polar surface area (TPSA) is 29.4 Å². The molecule has 1 amide bonds. The molecule has 1 heterocycles. The molecule has 0 atom stereocenters. The number of hydrogen-bond acceptors (Lipinski definition) is 3. The molecule has 0 aliphatic carbocycles. The molecular weight excluding hydrogens is 202 g/mol. The van der Waals surface area contributed by atoms with Gasteiger partial charge in [0, 0.05) is 17.0 Å². The Bertz CT molecular complexity index is 509. The maximum atomic E-state index is 10.8. The molecule has 0 bridgehead atoms. The highest BCUT2D eigenvalue weighted by molar-refractivity contribution is 7.71. The quantitative estimate of drug-likeness (QED) is 0.613. The molecule has 13 heavy (non-hydrogen) atoms. The molecule has 0 N–H and O–H groups in total. The number of amides is 1. The van der Waals surface area contributed by atoms with E-state index in [2.05, 4.69) is 4.99 Å². The number of hydrogen-bond donors (Lipinski definition) is 0. The van der Waals surface area contributed by atoms with Crippen molar-refractivity contribution in [2.75, 3.05) is 0 Å². The van der Waals surface area contributed by atoms with Gasteiger partial charge in [-0.1, -0.05) is 38.9 Å². The third kappa shape index (κ3) is 1.68. The van der Waals surface area contributed by atoms with Gasteiger partial charge in [0.15, 0.2) is 0 Å². The summed E-state index contributed by atoms with van der Waals surface area (Å²) in [5, 5.41) is 1.08. The van der Waals surface area contributed by atoms with Gasteiger partial charge in [-0.3, -0.25) is 4.79 Å². The van der Waals surface area contributed by atoms with Crippen molar-refractivity contribution in [2.45, 2.75) is 6.92 Å². The minimum atomic E-state index is -0.139. The fourth-order valence-corrected chi connectivity index (χ4v) is 3.45. The minimum Gasteiger partial charge on any atom is -0.273 e. The van der Waals surface area contributed by atoms with Gasteiger partial charge in [0.05, 0.1) is 0 Å². The fraction of sp³-hybridized carbons (Fsp3) is 0.111. The first-order valence-corrected chi connectivity index (χ1v) is 5.95. The number of fused-ring (bicyclic) bond motifs is 1. The van der Waals surface area contributed by atoms with Crippen molar-refractivity contribution in [2.24, 2.45) is 4.99 Å². The van der Waals surface area contributed by atoms with E-state index in [1.54, 1.807) is 20.7 Å². The van der Waals surface area contributed by atoms with Crippen LogP contribution < -0.4 is 4.67 Å². The summed E-state index contributed by atoms with van der Waals surface area (Å²) in [7, 11) is 3.20. The molecule has 0 spiro atoms. The van der Waals surface area contributed by atoms with Crippen LogP contribution >= 0.6 is 20.7 Å². The van der Waals surface area contributed by atoms with Gasteiger partial charge in [-0.05, 0) is 6.07 Å². The van der Waals surface area contributed by atoms with Crippen molar-refractivity contribution >= 4 is 36.7 Å². The van der Waals surface area contributed by atoms with Crippen LogP contribution in [0.4, 0.5) is 0 Å². The third-order valence-corrected chi connectivity index (χ3v) is 3.94. The standard InChI is InChI=1S/C9H7NOS2/c1-6(11)10-9-7-4-2-3-5-8(7)12-13-9/h2-5H,1H3. The summed E-state index contributed by atoms with van der Waals surface area (Å²) in [6.45, 7) is 1.47. The number of nitrogens with zero attached hydrogens (tertiary/aromatic N) is 1. The van der Waals surface area contributed by atoms with E-state index >= 15 is 0 Å². The predicted octanol–water partition coefficient (Wildman–Crippen LogP) is 2.41. The summed E-state index contributed by atoms with van der Waals surface area (Å²) < 4.78 is 2.01. The first-order valence-electron chi connectivity index (χ1n) is 3.80. The number of benzene rings is 1. The maximum absolute atomic E-state index is 10.8. The second-order valence-electron chi connectivity index (χ2n) is 2.60. The van der Waals surface area contributed by atoms with E-state index in [-0.39, 0.29) is 5.91 Å². The molecule has 1 aromatic carbocycles. The lowest BCUT2D eigenvalue weighted by Gasteiger charge is -1.84. The van der Waals surface area contributed by atoms with Crippen molar-refractivity contribution in [1.82, 2.24) is 0 Å². The molecule has 0 saturated carbocycles. The molecule has 1 aromatic heterocycles. The molecule has 0 unspecified atom stereocenters. The summed E-state index contributed by atoms with van der Waals surface area (Å²) in [6, 6.07) is 7.98. The van der Waals surface area contributed by atoms with E-state index in [0.29, 0.717) is 0 Å². The Balaban J connectivity index is 2.78. The van der Waals surface area contributed by atoms with Gasteiger partial charge >= 0.3 is 0 Å². The van der Waals surface area contributed by atoms with Crippen LogP contribution in [-0.4, -0.2) is 5.91 Å². The molecule has 2 rings (SSSR count). The average Bonchev–Trinajstić information content (AvgIpc) is 2.48. The largest absolute Gasteiger partial charge is 0.273 e. The molecule has 66 valence electrons. The smallest absolute Gasteiger partial charge is 0.243 e. The van der Waals surface area contributed by atoms with Gasteiger partial charge in [-0.15, -0.1) is 0 Å². The molecule has 4 heteroatoms. The van der Waals surface area contributed by atoms with Crippen LogP contribution in [0.3, 0.4) is 0 Å². The third-order valence-electron chi connectivity index (χ3n) is 1.59. The van der Waals surface area contributed by atoms with Crippen LogP contribution in [0.5, 0.6) is 0 Å². The second-order valence-corrected chi connectivity index (χ2v) is 4.76. The van der Waals surface area contributed by atoms with Gasteiger partial charge in [0.1, 0.15) is 4.67 Å². The van der Waals surface area contributed by atoms with E-state index in [1.165, 1.54) is 11.6 Å². The lowest BCUT2D eigenvalue weighted by atomic mass is 10.3. The molecule has 0 saturated heterocycles. The second kappa shape index (κ2) is 3.40. The van der Waals surface area contributed by atoms with Crippen LogP contribution in [0.25, 0.3) is 10.1 Å². The van der Waals surface area contributed by atoms with Gasteiger partial charge < -0.3 is 0 Å². The van der Waals surface area contributed by atoms with Gasteiger partial charge in [0.25, 0.3) is 0 Å². The Morgan fingerprint density at radius 1 is 1.31 bits per heavy atom. The summed E-state index contributed by atoms with van der Waals surface area (Å²) in [6.07, 6.45) is 0. The minimum absolute atomic E-state index is 0.139. The van der Waals surface area contributed by atoms with Crippen molar-refractivity contribution in [3.05, 3.63) is 28.9 Å². The van der Waals surface area contributed by atoms with Crippen LogP contribution in [-0.2, 0) is 4.79 Å². The lowest BCUT2D eigenvalue weighted by molar-refractivity contribution is -0.115. The molecule has 0 radical (unpaired) electrons. The summed E-state index contributed by atoms with van der Waals surface area (Å²) >= 11 is 0. The van der Waals surface area contributed by atoms with Gasteiger partial charge in [-0.2, -0.15) is 0 Å². The zero-order chi connectivity index (χ0) is 9.26. The maximum Gasteiger partial charge on any atom is 0.243 e. The van der Waals surface area contributed by atoms with Crippen molar-refractivity contribution in [3.63, 3.8) is 0 Å². The van der Waals surface area contributed by atoms with Crippen LogP contribution in [0, 0.1) is 0 Å². The highest BCUT2D eigenvalue weighted by Crippen LogP contribution is 2.19. The van der Waals surface area contributed by atoms with Crippen LogP contribution in [0.1, 0.15) is 6.92 Å². The summed E-state index contributed by atoms with van der Waals surface area (Å²) in [5.41, 5.74) is 0. The molecule has 0 fully saturated rings. The number of rotatable bonds is 0. The summed E-state index contributed by atoms with van der Waals surface area (Å²) in [5.74, 6) is -0.139. The van der Waals surface area contributed by atoms with Gasteiger partial charge in [0.2, 0.25) is 5.91 Å². The fourth-order valence-electron chi connectivity index (χ4n) is 1.07. The van der Waals surface area contributed by atoms with E-state index in [0.717, 1.165) is 10.1 Å². The molecule has 0 aliphatic rings. The lowest BCUT2D eigenvalue weighted by Crippen LogP contribution is -1.97. The first-order chi connectivity index (χ1) is 6.27. The Hall–Kier alpha value is -1.00. The van der Waals surface area contributed by atoms with Crippen molar-refractivity contribution in [1.29, 1.82) is 0 Å². The Morgan fingerprint density at radius 3 is 2.85 bits per heavy atom. The normalized spacial score (nSPS) is 12.2. The van der Waals surface area contributed by atoms with E-state index < -0.39 is 0 Å².